The molecule has 2 aromatic rings. The van der Waals surface area contributed by atoms with E-state index in [2.05, 4.69) is 10.1 Å². The molecule has 0 amide bonds. The summed E-state index contributed by atoms with van der Waals surface area (Å²) in [6.45, 7) is 0.645. The molecule has 0 radical (unpaired) electrons. The standard InChI is InChI=1S/C11H12ClN3O/c12-6-1-7-16-11-4-2-10(3-5-11)15-9-13-8-14-15/h2-5,8-9H,1,6-7H2. The third-order valence-corrected chi connectivity index (χ3v) is 2.33. The third-order valence-electron chi connectivity index (χ3n) is 2.07. The second kappa shape index (κ2) is 5.51. The number of rotatable bonds is 5. The first-order valence-electron chi connectivity index (χ1n) is 5.04. The summed E-state index contributed by atoms with van der Waals surface area (Å²) in [6.07, 6.45) is 4.01. The molecule has 0 spiro atoms. The molecule has 0 saturated carbocycles. The monoisotopic (exact) mass is 237 g/mol. The summed E-state index contributed by atoms with van der Waals surface area (Å²) in [7, 11) is 0. The molecule has 0 aliphatic carbocycles. The van der Waals surface area contributed by atoms with Gasteiger partial charge in [-0.25, -0.2) is 9.67 Å². The van der Waals surface area contributed by atoms with Gasteiger partial charge >= 0.3 is 0 Å². The number of hydrogen-bond donors (Lipinski definition) is 0. The van der Waals surface area contributed by atoms with Crippen LogP contribution in [0.5, 0.6) is 5.75 Å². The van der Waals surface area contributed by atoms with Crippen molar-refractivity contribution in [3.63, 3.8) is 0 Å². The predicted molar refractivity (Wildman–Crippen MR) is 62.2 cm³/mol. The van der Waals surface area contributed by atoms with Crippen LogP contribution >= 0.6 is 11.6 Å². The number of nitrogens with zero attached hydrogens (tertiary/aromatic N) is 3. The number of halogens is 1. The Hall–Kier alpha value is -1.55. The van der Waals surface area contributed by atoms with E-state index in [1.54, 1.807) is 11.0 Å². The summed E-state index contributed by atoms with van der Waals surface area (Å²) < 4.78 is 7.19. The molecule has 2 rings (SSSR count). The van der Waals surface area contributed by atoms with Crippen LogP contribution in [0.25, 0.3) is 5.69 Å². The van der Waals surface area contributed by atoms with Gasteiger partial charge in [0.05, 0.1) is 12.3 Å². The summed E-state index contributed by atoms with van der Waals surface area (Å²) in [6, 6.07) is 7.69. The topological polar surface area (TPSA) is 39.9 Å². The molecule has 0 aliphatic heterocycles. The Balaban J connectivity index is 2.00. The van der Waals surface area contributed by atoms with Crippen LogP contribution in [0.15, 0.2) is 36.9 Å². The minimum absolute atomic E-state index is 0.622. The van der Waals surface area contributed by atoms with E-state index in [0.29, 0.717) is 12.5 Å². The van der Waals surface area contributed by atoms with Crippen molar-refractivity contribution in [2.45, 2.75) is 6.42 Å². The Morgan fingerprint density at radius 3 is 2.69 bits per heavy atom. The Kier molecular flexibility index (Phi) is 3.77. The maximum atomic E-state index is 5.56. The highest BCUT2D eigenvalue weighted by molar-refractivity contribution is 6.17. The van der Waals surface area contributed by atoms with E-state index < -0.39 is 0 Å². The maximum absolute atomic E-state index is 5.56. The second-order valence-corrected chi connectivity index (χ2v) is 3.60. The van der Waals surface area contributed by atoms with Gasteiger partial charge in [-0.3, -0.25) is 0 Å². The first kappa shape index (κ1) is 11.0. The lowest BCUT2D eigenvalue weighted by Crippen LogP contribution is -1.98. The van der Waals surface area contributed by atoms with Gasteiger partial charge in [-0.05, 0) is 30.7 Å². The summed E-state index contributed by atoms with van der Waals surface area (Å²) in [5.41, 5.74) is 0.960. The molecule has 0 N–H and O–H groups in total. The van der Waals surface area contributed by atoms with Crippen LogP contribution < -0.4 is 4.74 Å². The lowest BCUT2D eigenvalue weighted by atomic mass is 10.3. The summed E-state index contributed by atoms with van der Waals surface area (Å²) in [5, 5.41) is 4.04. The molecule has 0 bridgehead atoms. The van der Waals surface area contributed by atoms with Gasteiger partial charge in [0.15, 0.2) is 0 Å². The van der Waals surface area contributed by atoms with Crippen molar-refractivity contribution in [1.29, 1.82) is 0 Å². The van der Waals surface area contributed by atoms with Gasteiger partial charge in [-0.15, -0.1) is 11.6 Å². The molecular formula is C11H12ClN3O. The van der Waals surface area contributed by atoms with Crippen molar-refractivity contribution < 1.29 is 4.74 Å². The summed E-state index contributed by atoms with van der Waals surface area (Å²) >= 11 is 5.56. The van der Waals surface area contributed by atoms with E-state index in [0.717, 1.165) is 17.9 Å². The Morgan fingerprint density at radius 2 is 2.06 bits per heavy atom. The molecule has 84 valence electrons. The number of alkyl halides is 1. The predicted octanol–water partition coefficient (Wildman–Crippen LogP) is 2.28. The van der Waals surface area contributed by atoms with Gasteiger partial charge in [0, 0.05) is 5.88 Å². The van der Waals surface area contributed by atoms with Crippen LogP contribution in [0.1, 0.15) is 6.42 Å². The summed E-state index contributed by atoms with van der Waals surface area (Å²) in [5.74, 6) is 1.46. The number of ether oxygens (including phenoxy) is 1. The van der Waals surface area contributed by atoms with Crippen molar-refractivity contribution in [2.24, 2.45) is 0 Å². The van der Waals surface area contributed by atoms with Crippen LogP contribution in [-0.2, 0) is 0 Å². The molecule has 1 aromatic carbocycles. The van der Waals surface area contributed by atoms with Crippen molar-refractivity contribution in [3.05, 3.63) is 36.9 Å². The van der Waals surface area contributed by atoms with Gasteiger partial charge in [0.2, 0.25) is 0 Å². The minimum atomic E-state index is 0.622. The van der Waals surface area contributed by atoms with E-state index in [1.807, 2.05) is 24.3 Å². The molecule has 0 saturated heterocycles. The molecule has 1 heterocycles. The van der Waals surface area contributed by atoms with Crippen LogP contribution in [0, 0.1) is 0 Å². The Labute approximate surface area is 98.8 Å². The lowest BCUT2D eigenvalue weighted by molar-refractivity contribution is 0.318. The second-order valence-electron chi connectivity index (χ2n) is 3.22. The molecule has 16 heavy (non-hydrogen) atoms. The molecule has 0 fully saturated rings. The van der Waals surface area contributed by atoms with Crippen LogP contribution in [0.2, 0.25) is 0 Å². The highest BCUT2D eigenvalue weighted by atomic mass is 35.5. The van der Waals surface area contributed by atoms with E-state index >= 15 is 0 Å². The molecule has 0 aliphatic rings. The number of hydrogen-bond acceptors (Lipinski definition) is 3. The minimum Gasteiger partial charge on any atom is -0.494 e. The highest BCUT2D eigenvalue weighted by Crippen LogP contribution is 2.14. The largest absolute Gasteiger partial charge is 0.494 e. The zero-order valence-corrected chi connectivity index (χ0v) is 9.47. The van der Waals surface area contributed by atoms with E-state index in [-0.39, 0.29) is 0 Å². The van der Waals surface area contributed by atoms with Crippen LogP contribution in [0.3, 0.4) is 0 Å². The fourth-order valence-corrected chi connectivity index (χ4v) is 1.39. The van der Waals surface area contributed by atoms with Crippen LogP contribution in [-0.4, -0.2) is 27.3 Å². The average molecular weight is 238 g/mol. The molecule has 1 aromatic heterocycles. The normalized spacial score (nSPS) is 10.3. The van der Waals surface area contributed by atoms with Gasteiger partial charge in [-0.2, -0.15) is 5.10 Å². The van der Waals surface area contributed by atoms with Gasteiger partial charge in [-0.1, -0.05) is 0 Å². The van der Waals surface area contributed by atoms with Gasteiger partial charge in [0.1, 0.15) is 18.4 Å². The first-order chi connectivity index (χ1) is 7.90. The highest BCUT2D eigenvalue weighted by Gasteiger charge is 1.97. The first-order valence-corrected chi connectivity index (χ1v) is 5.57. The third kappa shape index (κ3) is 2.73. The Bertz CT molecular complexity index is 413. The van der Waals surface area contributed by atoms with Crippen molar-refractivity contribution in [2.75, 3.05) is 12.5 Å². The van der Waals surface area contributed by atoms with E-state index in [4.69, 9.17) is 16.3 Å². The van der Waals surface area contributed by atoms with Crippen molar-refractivity contribution in [1.82, 2.24) is 14.8 Å². The van der Waals surface area contributed by atoms with E-state index in [1.165, 1.54) is 6.33 Å². The molecule has 0 unspecified atom stereocenters. The molecule has 4 nitrogen and oxygen atoms in total. The molecular weight excluding hydrogens is 226 g/mol. The molecule has 5 heteroatoms. The summed E-state index contributed by atoms with van der Waals surface area (Å²) in [4.78, 5) is 3.89. The van der Waals surface area contributed by atoms with Crippen LogP contribution in [0.4, 0.5) is 0 Å². The lowest BCUT2D eigenvalue weighted by Gasteiger charge is -2.05. The van der Waals surface area contributed by atoms with Crippen molar-refractivity contribution in [3.8, 4) is 11.4 Å². The number of aromatic nitrogens is 3. The van der Waals surface area contributed by atoms with Crippen molar-refractivity contribution >= 4 is 11.6 Å². The molecule has 0 atom stereocenters. The Morgan fingerprint density at radius 1 is 1.25 bits per heavy atom. The number of benzene rings is 1. The fourth-order valence-electron chi connectivity index (χ4n) is 1.28. The fraction of sp³-hybridized carbons (Fsp3) is 0.273. The quantitative estimate of drug-likeness (QED) is 0.592. The van der Waals surface area contributed by atoms with Gasteiger partial charge < -0.3 is 4.74 Å². The zero-order chi connectivity index (χ0) is 11.2. The van der Waals surface area contributed by atoms with E-state index in [9.17, 15) is 0 Å². The average Bonchev–Trinajstić information content (AvgIpc) is 2.84. The maximum Gasteiger partial charge on any atom is 0.138 e. The zero-order valence-electron chi connectivity index (χ0n) is 8.71. The SMILES string of the molecule is ClCCCOc1ccc(-n2cncn2)cc1. The smallest absolute Gasteiger partial charge is 0.138 e. The van der Waals surface area contributed by atoms with Gasteiger partial charge in [0.25, 0.3) is 0 Å².